The number of rotatable bonds is 2. The zero-order valence-electron chi connectivity index (χ0n) is 8.99. The second-order valence-electron chi connectivity index (χ2n) is 3.16. The third kappa shape index (κ3) is 3.53. The third-order valence-corrected chi connectivity index (χ3v) is 3.71. The van der Waals surface area contributed by atoms with Gasteiger partial charge in [-0.3, -0.25) is 4.79 Å². The van der Waals surface area contributed by atoms with E-state index < -0.39 is 0 Å². The first-order valence-corrected chi connectivity index (χ1v) is 6.37. The maximum Gasteiger partial charge on any atom is 0.320 e. The molecule has 0 aromatic carbocycles. The Bertz CT molecular complexity index is 248. The Morgan fingerprint density at radius 3 is 3.07 bits per heavy atom. The highest BCUT2D eigenvalue weighted by atomic mass is 32.2. The molecule has 1 heterocycles. The molecule has 0 aromatic rings. The number of esters is 1. The van der Waals surface area contributed by atoms with E-state index in [9.17, 15) is 4.79 Å². The SMILES string of the molecule is CCNC(=S)N1CCS[C@H](C(=O)OC)C1. The average molecular weight is 248 g/mol. The highest BCUT2D eigenvalue weighted by Gasteiger charge is 2.27. The van der Waals surface area contributed by atoms with Gasteiger partial charge in [-0.2, -0.15) is 0 Å². The Kier molecular flexibility index (Phi) is 5.17. The number of nitrogens with one attached hydrogen (secondary N) is 1. The largest absolute Gasteiger partial charge is 0.468 e. The molecule has 6 heteroatoms. The molecule has 1 aliphatic rings. The summed E-state index contributed by atoms with van der Waals surface area (Å²) in [5, 5.41) is 3.71. The van der Waals surface area contributed by atoms with Crippen molar-refractivity contribution in [2.45, 2.75) is 12.2 Å². The van der Waals surface area contributed by atoms with Crippen molar-refractivity contribution in [2.75, 3.05) is 32.5 Å². The average Bonchev–Trinajstić information content (AvgIpc) is 2.28. The molecule has 1 aliphatic heterocycles. The predicted molar refractivity (Wildman–Crippen MR) is 66.1 cm³/mol. The maximum absolute atomic E-state index is 11.4. The minimum absolute atomic E-state index is 0.111. The van der Waals surface area contributed by atoms with Crippen LogP contribution in [-0.4, -0.2) is 53.7 Å². The molecule has 1 fully saturated rings. The van der Waals surface area contributed by atoms with Crippen molar-refractivity contribution >= 4 is 35.1 Å². The summed E-state index contributed by atoms with van der Waals surface area (Å²) < 4.78 is 4.73. The van der Waals surface area contributed by atoms with Gasteiger partial charge in [-0.25, -0.2) is 0 Å². The van der Waals surface area contributed by atoms with E-state index in [2.05, 4.69) is 5.32 Å². The molecule has 0 spiro atoms. The molecule has 0 amide bonds. The van der Waals surface area contributed by atoms with Gasteiger partial charge in [0.05, 0.1) is 7.11 Å². The third-order valence-electron chi connectivity index (χ3n) is 2.15. The first-order valence-electron chi connectivity index (χ1n) is 4.91. The van der Waals surface area contributed by atoms with Crippen LogP contribution in [0, 0.1) is 0 Å². The Labute approximate surface area is 99.7 Å². The lowest BCUT2D eigenvalue weighted by Gasteiger charge is -2.32. The van der Waals surface area contributed by atoms with Gasteiger partial charge in [-0.1, -0.05) is 0 Å². The Balaban J connectivity index is 2.48. The molecule has 0 saturated carbocycles. The van der Waals surface area contributed by atoms with E-state index in [1.807, 2.05) is 11.8 Å². The van der Waals surface area contributed by atoms with Crippen LogP contribution in [0.5, 0.6) is 0 Å². The molecule has 0 radical (unpaired) electrons. The summed E-state index contributed by atoms with van der Waals surface area (Å²) in [7, 11) is 1.42. The number of carbonyl (C=O) groups is 1. The standard InChI is InChI=1S/C9H16N2O2S2/c1-3-10-9(14)11-4-5-15-7(6-11)8(12)13-2/h7H,3-6H2,1-2H3,(H,10,14)/t7-/m0/s1. The number of ether oxygens (including phenoxy) is 1. The molecule has 0 bridgehead atoms. The number of thioether (sulfide) groups is 1. The summed E-state index contributed by atoms with van der Waals surface area (Å²) in [5.74, 6) is 0.745. The Morgan fingerprint density at radius 2 is 2.47 bits per heavy atom. The molecule has 0 unspecified atom stereocenters. The minimum Gasteiger partial charge on any atom is -0.468 e. The quantitative estimate of drug-likeness (QED) is 0.566. The second kappa shape index (κ2) is 6.17. The summed E-state index contributed by atoms with van der Waals surface area (Å²) in [6.45, 7) is 4.35. The van der Waals surface area contributed by atoms with Crippen molar-refractivity contribution in [3.63, 3.8) is 0 Å². The van der Waals surface area contributed by atoms with Crippen LogP contribution in [-0.2, 0) is 9.53 Å². The van der Waals surface area contributed by atoms with Crippen molar-refractivity contribution < 1.29 is 9.53 Å². The fraction of sp³-hybridized carbons (Fsp3) is 0.778. The first kappa shape index (κ1) is 12.6. The van der Waals surface area contributed by atoms with Crippen molar-refractivity contribution in [1.29, 1.82) is 0 Å². The fourth-order valence-electron chi connectivity index (χ4n) is 1.37. The lowest BCUT2D eigenvalue weighted by molar-refractivity contribution is -0.140. The summed E-state index contributed by atoms with van der Waals surface area (Å²) in [6, 6.07) is 0. The van der Waals surface area contributed by atoms with Gasteiger partial charge >= 0.3 is 5.97 Å². The van der Waals surface area contributed by atoms with Gasteiger partial charge in [0, 0.05) is 25.4 Å². The van der Waals surface area contributed by atoms with E-state index in [1.54, 1.807) is 11.8 Å². The molecular formula is C9H16N2O2S2. The zero-order valence-corrected chi connectivity index (χ0v) is 10.6. The van der Waals surface area contributed by atoms with E-state index in [-0.39, 0.29) is 11.2 Å². The zero-order chi connectivity index (χ0) is 11.3. The Hall–Kier alpha value is -0.490. The number of nitrogens with zero attached hydrogens (tertiary/aromatic N) is 1. The van der Waals surface area contributed by atoms with Gasteiger partial charge in [-0.05, 0) is 19.1 Å². The first-order chi connectivity index (χ1) is 7.19. The van der Waals surface area contributed by atoms with Gasteiger partial charge in [0.2, 0.25) is 0 Å². The van der Waals surface area contributed by atoms with Crippen LogP contribution < -0.4 is 5.32 Å². The molecular weight excluding hydrogens is 232 g/mol. The number of carbonyl (C=O) groups excluding carboxylic acids is 1. The summed E-state index contributed by atoms with van der Waals surface area (Å²) in [4.78, 5) is 13.4. The number of thiocarbonyl (C=S) groups is 1. The molecule has 86 valence electrons. The minimum atomic E-state index is -0.163. The summed E-state index contributed by atoms with van der Waals surface area (Å²) >= 11 is 6.83. The highest BCUT2D eigenvalue weighted by molar-refractivity contribution is 8.00. The predicted octanol–water partition coefficient (Wildman–Crippen LogP) is 0.471. The summed E-state index contributed by atoms with van der Waals surface area (Å²) in [5.41, 5.74) is 0. The van der Waals surface area contributed by atoms with Crippen LogP contribution in [0.1, 0.15) is 6.92 Å². The van der Waals surface area contributed by atoms with Crippen LogP contribution in [0.25, 0.3) is 0 Å². The van der Waals surface area contributed by atoms with E-state index in [0.29, 0.717) is 6.54 Å². The smallest absolute Gasteiger partial charge is 0.320 e. The van der Waals surface area contributed by atoms with Crippen LogP contribution >= 0.6 is 24.0 Å². The second-order valence-corrected chi connectivity index (χ2v) is 4.86. The molecule has 1 saturated heterocycles. The molecule has 1 atom stereocenters. The Morgan fingerprint density at radius 1 is 1.73 bits per heavy atom. The van der Waals surface area contributed by atoms with Crippen molar-refractivity contribution in [3.05, 3.63) is 0 Å². The molecule has 1 rings (SSSR count). The van der Waals surface area contributed by atoms with Gasteiger partial charge in [-0.15, -0.1) is 11.8 Å². The molecule has 1 N–H and O–H groups in total. The molecule has 15 heavy (non-hydrogen) atoms. The van der Waals surface area contributed by atoms with Crippen molar-refractivity contribution in [2.24, 2.45) is 0 Å². The van der Waals surface area contributed by atoms with E-state index in [1.165, 1.54) is 7.11 Å². The summed E-state index contributed by atoms with van der Waals surface area (Å²) in [6.07, 6.45) is 0. The number of hydrogen-bond donors (Lipinski definition) is 1. The fourth-order valence-corrected chi connectivity index (χ4v) is 2.81. The van der Waals surface area contributed by atoms with Crippen LogP contribution in [0.2, 0.25) is 0 Å². The van der Waals surface area contributed by atoms with Gasteiger partial charge in [0.25, 0.3) is 0 Å². The van der Waals surface area contributed by atoms with Gasteiger partial charge < -0.3 is 15.0 Å². The van der Waals surface area contributed by atoms with Crippen LogP contribution in [0.3, 0.4) is 0 Å². The number of hydrogen-bond acceptors (Lipinski definition) is 4. The van der Waals surface area contributed by atoms with Crippen molar-refractivity contribution in [3.8, 4) is 0 Å². The highest BCUT2D eigenvalue weighted by Crippen LogP contribution is 2.19. The van der Waals surface area contributed by atoms with Gasteiger partial charge in [0.15, 0.2) is 5.11 Å². The van der Waals surface area contributed by atoms with Crippen LogP contribution in [0.15, 0.2) is 0 Å². The topological polar surface area (TPSA) is 41.6 Å². The van der Waals surface area contributed by atoms with Crippen molar-refractivity contribution in [1.82, 2.24) is 10.2 Å². The molecule has 0 aliphatic carbocycles. The van der Waals surface area contributed by atoms with E-state index in [0.717, 1.165) is 24.0 Å². The van der Waals surface area contributed by atoms with Gasteiger partial charge in [0.1, 0.15) is 5.25 Å². The number of methoxy groups -OCH3 is 1. The van der Waals surface area contributed by atoms with E-state index >= 15 is 0 Å². The molecule has 4 nitrogen and oxygen atoms in total. The maximum atomic E-state index is 11.4. The lowest BCUT2D eigenvalue weighted by atomic mass is 10.3. The monoisotopic (exact) mass is 248 g/mol. The molecule has 0 aromatic heterocycles. The van der Waals surface area contributed by atoms with Crippen LogP contribution in [0.4, 0.5) is 0 Å². The lowest BCUT2D eigenvalue weighted by Crippen LogP contribution is -2.48. The van der Waals surface area contributed by atoms with E-state index in [4.69, 9.17) is 17.0 Å². The normalized spacial score (nSPS) is 20.9.